The molecule has 0 bridgehead atoms. The zero-order valence-corrected chi connectivity index (χ0v) is 11.6. The summed E-state index contributed by atoms with van der Waals surface area (Å²) in [6, 6.07) is 0. The van der Waals surface area contributed by atoms with Crippen molar-refractivity contribution < 1.29 is 9.90 Å². The zero-order chi connectivity index (χ0) is 14.3. The topological polar surface area (TPSA) is 106 Å². The van der Waals surface area contributed by atoms with Crippen molar-refractivity contribution in [2.45, 2.75) is 33.2 Å². The highest BCUT2D eigenvalue weighted by molar-refractivity contribution is 5.91. The van der Waals surface area contributed by atoms with Crippen LogP contribution in [0.2, 0.25) is 0 Å². The van der Waals surface area contributed by atoms with E-state index in [1.165, 1.54) is 0 Å². The summed E-state index contributed by atoms with van der Waals surface area (Å²) < 4.78 is 1.55. The van der Waals surface area contributed by atoms with Crippen molar-refractivity contribution in [3.05, 3.63) is 11.9 Å². The van der Waals surface area contributed by atoms with Crippen molar-refractivity contribution >= 4 is 5.91 Å². The average molecular weight is 269 g/mol. The highest BCUT2D eigenvalue weighted by Gasteiger charge is 2.19. The normalized spacial score (nSPS) is 11.6. The molecule has 108 valence electrons. The fourth-order valence-electron chi connectivity index (χ4n) is 1.70. The molecule has 1 aromatic heterocycles. The average Bonchev–Trinajstić information content (AvgIpc) is 2.83. The van der Waals surface area contributed by atoms with Crippen molar-refractivity contribution in [2.24, 2.45) is 11.1 Å². The van der Waals surface area contributed by atoms with Gasteiger partial charge in [0.2, 0.25) is 0 Å². The molecule has 0 aliphatic rings. The number of carbonyl (C=O) groups is 1. The van der Waals surface area contributed by atoms with Gasteiger partial charge >= 0.3 is 0 Å². The van der Waals surface area contributed by atoms with Gasteiger partial charge in [-0.1, -0.05) is 19.1 Å². The van der Waals surface area contributed by atoms with Gasteiger partial charge in [0.05, 0.1) is 12.7 Å². The molecule has 7 nitrogen and oxygen atoms in total. The largest absolute Gasteiger partial charge is 0.396 e. The van der Waals surface area contributed by atoms with E-state index < -0.39 is 0 Å². The Hall–Kier alpha value is -1.47. The molecule has 0 aliphatic heterocycles. The number of nitrogens with one attached hydrogen (secondary N) is 1. The Morgan fingerprint density at radius 3 is 2.95 bits per heavy atom. The van der Waals surface area contributed by atoms with Crippen LogP contribution in [0, 0.1) is 5.41 Å². The molecule has 0 saturated carbocycles. The van der Waals surface area contributed by atoms with Crippen molar-refractivity contribution in [1.82, 2.24) is 20.3 Å². The van der Waals surface area contributed by atoms with E-state index in [4.69, 9.17) is 10.8 Å². The van der Waals surface area contributed by atoms with E-state index >= 15 is 0 Å². The Labute approximate surface area is 113 Å². The van der Waals surface area contributed by atoms with Gasteiger partial charge in [-0.05, 0) is 18.3 Å². The minimum atomic E-state index is -0.236. The predicted octanol–water partition coefficient (Wildman–Crippen LogP) is -0.235. The lowest BCUT2D eigenvalue weighted by atomic mass is 9.88. The number of nitrogens with zero attached hydrogens (tertiary/aromatic N) is 3. The first-order valence-electron chi connectivity index (χ1n) is 6.48. The number of aliphatic hydroxyl groups is 1. The Morgan fingerprint density at radius 1 is 1.58 bits per heavy atom. The number of rotatable bonds is 8. The van der Waals surface area contributed by atoms with Gasteiger partial charge < -0.3 is 16.2 Å². The first-order chi connectivity index (χ1) is 8.98. The number of hydrogen-bond donors (Lipinski definition) is 3. The van der Waals surface area contributed by atoms with Gasteiger partial charge in [-0.25, -0.2) is 0 Å². The van der Waals surface area contributed by atoms with Crippen molar-refractivity contribution in [1.29, 1.82) is 0 Å². The summed E-state index contributed by atoms with van der Waals surface area (Å²) in [7, 11) is 0. The van der Waals surface area contributed by atoms with Crippen LogP contribution in [0.4, 0.5) is 0 Å². The maximum Gasteiger partial charge on any atom is 0.273 e. The van der Waals surface area contributed by atoms with E-state index in [-0.39, 0.29) is 17.9 Å². The van der Waals surface area contributed by atoms with Crippen LogP contribution in [0.5, 0.6) is 0 Å². The molecule has 0 saturated heterocycles. The number of hydrogen-bond acceptors (Lipinski definition) is 5. The molecule has 0 aliphatic carbocycles. The fraction of sp³-hybridized carbons (Fsp3) is 0.750. The molecule has 0 fully saturated rings. The molecule has 0 spiro atoms. The minimum absolute atomic E-state index is 0.0500. The number of nitrogens with two attached hydrogens (primary N) is 1. The molecule has 0 atom stereocenters. The highest BCUT2D eigenvalue weighted by atomic mass is 16.2. The highest BCUT2D eigenvalue weighted by Crippen LogP contribution is 2.20. The third kappa shape index (κ3) is 5.35. The Balaban J connectivity index is 2.45. The third-order valence-electron chi connectivity index (χ3n) is 2.87. The van der Waals surface area contributed by atoms with Gasteiger partial charge in [-0.3, -0.25) is 9.48 Å². The lowest BCUT2D eigenvalue weighted by Gasteiger charge is -2.24. The molecule has 19 heavy (non-hydrogen) atoms. The number of carbonyl (C=O) groups excluding carboxylic acids is 1. The SMILES string of the molecule is CC(C)(CCCO)CNC(=O)c1cn(CCN)nn1. The fourth-order valence-corrected chi connectivity index (χ4v) is 1.70. The predicted molar refractivity (Wildman–Crippen MR) is 71.5 cm³/mol. The molecule has 1 aromatic rings. The molecule has 0 unspecified atom stereocenters. The summed E-state index contributed by atoms with van der Waals surface area (Å²) in [6.45, 7) is 5.81. The molecule has 1 rings (SSSR count). The quantitative estimate of drug-likeness (QED) is 0.604. The first kappa shape index (κ1) is 15.6. The molecule has 7 heteroatoms. The summed E-state index contributed by atoms with van der Waals surface area (Å²) >= 11 is 0. The smallest absolute Gasteiger partial charge is 0.273 e. The second-order valence-electron chi connectivity index (χ2n) is 5.33. The van der Waals surface area contributed by atoms with Crippen molar-refractivity contribution in [2.75, 3.05) is 19.7 Å². The van der Waals surface area contributed by atoms with Crippen LogP contribution >= 0.6 is 0 Å². The minimum Gasteiger partial charge on any atom is -0.396 e. The van der Waals surface area contributed by atoms with Gasteiger partial charge in [0.25, 0.3) is 5.91 Å². The second-order valence-corrected chi connectivity index (χ2v) is 5.33. The van der Waals surface area contributed by atoms with Crippen LogP contribution in [-0.2, 0) is 6.54 Å². The summed E-state index contributed by atoms with van der Waals surface area (Å²) in [4.78, 5) is 11.9. The van der Waals surface area contributed by atoms with E-state index in [1.54, 1.807) is 10.9 Å². The third-order valence-corrected chi connectivity index (χ3v) is 2.87. The number of aromatic nitrogens is 3. The molecule has 0 aromatic carbocycles. The van der Waals surface area contributed by atoms with Gasteiger partial charge in [-0.2, -0.15) is 0 Å². The lowest BCUT2D eigenvalue weighted by Crippen LogP contribution is -2.34. The van der Waals surface area contributed by atoms with Crippen molar-refractivity contribution in [3.63, 3.8) is 0 Å². The monoisotopic (exact) mass is 269 g/mol. The van der Waals surface area contributed by atoms with Crippen LogP contribution in [0.15, 0.2) is 6.20 Å². The maximum absolute atomic E-state index is 11.9. The van der Waals surface area contributed by atoms with E-state index in [0.717, 1.165) is 12.8 Å². The van der Waals surface area contributed by atoms with Crippen LogP contribution in [0.25, 0.3) is 0 Å². The van der Waals surface area contributed by atoms with Crippen molar-refractivity contribution in [3.8, 4) is 0 Å². The van der Waals surface area contributed by atoms with Crippen LogP contribution in [-0.4, -0.2) is 45.7 Å². The van der Waals surface area contributed by atoms with E-state index in [9.17, 15) is 4.79 Å². The molecule has 0 radical (unpaired) electrons. The van der Waals surface area contributed by atoms with Crippen LogP contribution in [0.1, 0.15) is 37.2 Å². The van der Waals surface area contributed by atoms with Gasteiger partial charge in [0.15, 0.2) is 5.69 Å². The summed E-state index contributed by atoms with van der Waals surface area (Å²) in [5.41, 5.74) is 5.65. The van der Waals surface area contributed by atoms with Gasteiger partial charge in [0.1, 0.15) is 0 Å². The second kappa shape index (κ2) is 7.20. The lowest BCUT2D eigenvalue weighted by molar-refractivity contribution is 0.0928. The molecular weight excluding hydrogens is 246 g/mol. The van der Waals surface area contributed by atoms with E-state index in [2.05, 4.69) is 15.6 Å². The van der Waals surface area contributed by atoms with E-state index in [0.29, 0.717) is 25.3 Å². The standard InChI is InChI=1S/C12H23N5O2/c1-12(2,4-3-7-18)9-14-11(19)10-8-17(6-5-13)16-15-10/h8,18H,3-7,9,13H2,1-2H3,(H,14,19). The summed E-state index contributed by atoms with van der Waals surface area (Å²) in [5.74, 6) is -0.236. The summed E-state index contributed by atoms with van der Waals surface area (Å²) in [5, 5.41) is 19.3. The Kier molecular flexibility index (Phi) is 5.91. The molecule has 4 N–H and O–H groups in total. The van der Waals surface area contributed by atoms with E-state index in [1.807, 2.05) is 13.8 Å². The first-order valence-corrected chi connectivity index (χ1v) is 6.48. The van der Waals surface area contributed by atoms with Crippen LogP contribution in [0.3, 0.4) is 0 Å². The number of aliphatic hydroxyl groups excluding tert-OH is 1. The summed E-state index contributed by atoms with van der Waals surface area (Å²) in [6.07, 6.45) is 3.17. The maximum atomic E-state index is 11.9. The van der Waals surface area contributed by atoms with Gasteiger partial charge in [-0.15, -0.1) is 5.10 Å². The zero-order valence-electron chi connectivity index (χ0n) is 11.6. The van der Waals surface area contributed by atoms with Crippen LogP contribution < -0.4 is 11.1 Å². The molecule has 1 heterocycles. The molecular formula is C12H23N5O2. The van der Waals surface area contributed by atoms with Gasteiger partial charge in [0, 0.05) is 19.7 Å². The Morgan fingerprint density at radius 2 is 2.32 bits per heavy atom. The Bertz CT molecular complexity index is 403. The number of amides is 1. The molecule has 1 amide bonds.